The summed E-state index contributed by atoms with van der Waals surface area (Å²) in [4.78, 5) is 2.46. The number of fused-ring (bicyclic) bond motifs is 5. The zero-order valence-electron chi connectivity index (χ0n) is 40.0. The van der Waals surface area contributed by atoms with Crippen LogP contribution in [0.3, 0.4) is 0 Å². The average molecular weight is 930 g/mol. The molecular weight excluding hydrogens is 883 g/mol. The monoisotopic (exact) mass is 929 g/mol. The number of benzene rings is 12. The molecule has 12 aromatic rings. The third-order valence-corrected chi connectivity index (χ3v) is 15.1. The second-order valence-corrected chi connectivity index (χ2v) is 19.1. The van der Waals surface area contributed by atoms with Crippen molar-refractivity contribution >= 4 is 27.8 Å². The van der Waals surface area contributed by atoms with Crippen LogP contribution in [0.5, 0.6) is 11.5 Å². The normalized spacial score (nSPS) is 12.6. The highest BCUT2D eigenvalue weighted by Crippen LogP contribution is 2.57. The van der Waals surface area contributed by atoms with Gasteiger partial charge in [-0.2, -0.15) is 0 Å². The molecule has 2 aliphatic rings. The van der Waals surface area contributed by atoms with Gasteiger partial charge >= 0.3 is 0 Å². The Labute approximate surface area is 426 Å². The van der Waals surface area contributed by atoms with Gasteiger partial charge in [-0.05, 0) is 144 Å². The molecule has 0 bridgehead atoms. The first-order valence-electron chi connectivity index (χ1n) is 25.2. The number of nitrogens with zero attached hydrogens (tertiary/aromatic N) is 1. The Balaban J connectivity index is 0.971. The van der Waals surface area contributed by atoms with Gasteiger partial charge in [0.05, 0.1) is 11.1 Å². The van der Waals surface area contributed by atoms with E-state index in [0.29, 0.717) is 0 Å². The highest BCUT2D eigenvalue weighted by molar-refractivity contribution is 6.07. The lowest BCUT2D eigenvalue weighted by atomic mass is 9.67. The van der Waals surface area contributed by atoms with Crippen LogP contribution in [-0.4, -0.2) is 0 Å². The molecule has 2 nitrogen and oxygen atoms in total. The van der Waals surface area contributed by atoms with Gasteiger partial charge in [0.2, 0.25) is 0 Å². The SMILES string of the molecule is c1ccc(-c2ccc(-c3ccc(N(c4cccc(C5(c6ccccc6)c6ccccc6-c6ccccc65)c4)c4ccccc4-c4cc5c6c(cccc6c4)Oc4ccccc4-5)cc3)cc2-c2ccccc2)cc1. The Morgan fingerprint density at radius 3 is 1.55 bits per heavy atom. The summed E-state index contributed by atoms with van der Waals surface area (Å²) in [6.45, 7) is 0. The molecule has 14 rings (SSSR count). The molecule has 73 heavy (non-hydrogen) atoms. The molecular formula is C71H47NO. The molecule has 0 N–H and O–H groups in total. The summed E-state index contributed by atoms with van der Waals surface area (Å²) in [5.74, 6) is 1.76. The predicted octanol–water partition coefficient (Wildman–Crippen LogP) is 19.1. The van der Waals surface area contributed by atoms with E-state index in [-0.39, 0.29) is 0 Å². The van der Waals surface area contributed by atoms with E-state index in [1.165, 1.54) is 61.2 Å². The van der Waals surface area contributed by atoms with Crippen molar-refractivity contribution < 1.29 is 4.74 Å². The van der Waals surface area contributed by atoms with E-state index in [0.717, 1.165) is 67.2 Å². The Morgan fingerprint density at radius 1 is 0.274 bits per heavy atom. The lowest BCUT2D eigenvalue weighted by molar-refractivity contribution is 0.487. The summed E-state index contributed by atoms with van der Waals surface area (Å²) in [6.07, 6.45) is 0. The third kappa shape index (κ3) is 6.94. The quantitative estimate of drug-likeness (QED) is 0.143. The number of para-hydroxylation sites is 2. The summed E-state index contributed by atoms with van der Waals surface area (Å²) >= 11 is 0. The maximum Gasteiger partial charge on any atom is 0.135 e. The lowest BCUT2D eigenvalue weighted by Gasteiger charge is -2.35. The average Bonchev–Trinajstić information content (AvgIpc) is 3.79. The molecule has 0 fully saturated rings. The molecule has 0 radical (unpaired) electrons. The van der Waals surface area contributed by atoms with E-state index >= 15 is 0 Å². The minimum absolute atomic E-state index is 0.559. The van der Waals surface area contributed by atoms with Crippen molar-refractivity contribution in [3.05, 3.63) is 307 Å². The predicted molar refractivity (Wildman–Crippen MR) is 303 cm³/mol. The second kappa shape index (κ2) is 17.4. The molecule has 1 aliphatic carbocycles. The lowest BCUT2D eigenvalue weighted by Crippen LogP contribution is -2.28. The van der Waals surface area contributed by atoms with Gasteiger partial charge in [0, 0.05) is 27.9 Å². The molecule has 0 aromatic heterocycles. The first kappa shape index (κ1) is 42.4. The van der Waals surface area contributed by atoms with E-state index in [1.807, 2.05) is 6.07 Å². The van der Waals surface area contributed by atoms with Gasteiger partial charge in [0.25, 0.3) is 0 Å². The summed E-state index contributed by atoms with van der Waals surface area (Å²) in [5, 5.41) is 2.28. The Bertz CT molecular complexity index is 4000. The van der Waals surface area contributed by atoms with E-state index in [1.54, 1.807) is 0 Å². The molecule has 0 saturated heterocycles. The van der Waals surface area contributed by atoms with Crippen molar-refractivity contribution in [1.82, 2.24) is 0 Å². The molecule has 0 spiro atoms. The highest BCUT2D eigenvalue weighted by Gasteiger charge is 2.46. The molecule has 0 amide bonds. The Hall–Kier alpha value is -9.50. The number of hydrogen-bond donors (Lipinski definition) is 0. The number of rotatable bonds is 9. The first-order valence-corrected chi connectivity index (χ1v) is 25.2. The van der Waals surface area contributed by atoms with Gasteiger partial charge < -0.3 is 9.64 Å². The molecule has 0 unspecified atom stereocenters. The van der Waals surface area contributed by atoms with Crippen molar-refractivity contribution in [1.29, 1.82) is 0 Å². The topological polar surface area (TPSA) is 12.5 Å². The first-order chi connectivity index (χ1) is 36.2. The van der Waals surface area contributed by atoms with Crippen molar-refractivity contribution in [2.75, 3.05) is 4.90 Å². The third-order valence-electron chi connectivity index (χ3n) is 15.1. The summed E-state index contributed by atoms with van der Waals surface area (Å²) in [7, 11) is 0. The zero-order valence-corrected chi connectivity index (χ0v) is 40.0. The molecule has 2 heteroatoms. The van der Waals surface area contributed by atoms with Crippen LogP contribution in [0.4, 0.5) is 17.1 Å². The number of ether oxygens (including phenoxy) is 1. The smallest absolute Gasteiger partial charge is 0.135 e. The van der Waals surface area contributed by atoms with Crippen molar-refractivity contribution in [2.45, 2.75) is 5.41 Å². The summed E-state index contributed by atoms with van der Waals surface area (Å²) in [6, 6.07) is 104. The second-order valence-electron chi connectivity index (χ2n) is 19.1. The van der Waals surface area contributed by atoms with Gasteiger partial charge in [-0.1, -0.05) is 224 Å². The maximum atomic E-state index is 6.50. The van der Waals surface area contributed by atoms with Gasteiger partial charge in [0.1, 0.15) is 11.5 Å². The van der Waals surface area contributed by atoms with Crippen LogP contribution in [-0.2, 0) is 5.41 Å². The molecule has 12 aromatic carbocycles. The van der Waals surface area contributed by atoms with E-state index < -0.39 is 5.41 Å². The summed E-state index contributed by atoms with van der Waals surface area (Å²) in [5.41, 5.74) is 21.9. The van der Waals surface area contributed by atoms with E-state index in [2.05, 4.69) is 284 Å². The maximum absolute atomic E-state index is 6.50. The number of anilines is 3. The van der Waals surface area contributed by atoms with E-state index in [9.17, 15) is 0 Å². The minimum atomic E-state index is -0.559. The fourth-order valence-electron chi connectivity index (χ4n) is 11.9. The van der Waals surface area contributed by atoms with Gasteiger partial charge in [-0.3, -0.25) is 0 Å². The minimum Gasteiger partial charge on any atom is -0.456 e. The molecule has 1 aliphatic heterocycles. The van der Waals surface area contributed by atoms with Crippen LogP contribution < -0.4 is 9.64 Å². The van der Waals surface area contributed by atoms with Crippen LogP contribution in [0, 0.1) is 0 Å². The fourth-order valence-corrected chi connectivity index (χ4v) is 11.9. The fraction of sp³-hybridized carbons (Fsp3) is 0.0141. The van der Waals surface area contributed by atoms with Gasteiger partial charge in [0.15, 0.2) is 0 Å². The zero-order chi connectivity index (χ0) is 48.3. The van der Waals surface area contributed by atoms with Crippen LogP contribution in [0.2, 0.25) is 0 Å². The van der Waals surface area contributed by atoms with Crippen molar-refractivity contribution in [2.24, 2.45) is 0 Å². The molecule has 342 valence electrons. The number of hydrogen-bond acceptors (Lipinski definition) is 2. The van der Waals surface area contributed by atoms with Crippen LogP contribution in [0.25, 0.3) is 77.5 Å². The molecule has 1 heterocycles. The Kier molecular flexibility index (Phi) is 10.1. The summed E-state index contributed by atoms with van der Waals surface area (Å²) < 4.78 is 6.50. The van der Waals surface area contributed by atoms with Crippen LogP contribution >= 0.6 is 0 Å². The van der Waals surface area contributed by atoms with Crippen LogP contribution in [0.15, 0.2) is 285 Å². The van der Waals surface area contributed by atoms with Crippen molar-refractivity contribution in [3.8, 4) is 78.3 Å². The Morgan fingerprint density at radius 2 is 0.822 bits per heavy atom. The van der Waals surface area contributed by atoms with Crippen LogP contribution in [0.1, 0.15) is 22.3 Å². The van der Waals surface area contributed by atoms with Gasteiger partial charge in [-0.25, -0.2) is 0 Å². The molecule has 0 saturated carbocycles. The standard InChI is InChI=1S/C71H47NO/c1-4-20-49(21-5-1)58-43-40-51(45-63(58)50-22-6-2-7-23-50)48-38-41-56(42-39-48)72(67-35-16-12-29-59(67)53-44-52-24-18-37-69-70(52)64(46-53)62-32-13-17-36-68(62)73-69)57-28-19-27-55(47-57)71(54-25-8-3-9-26-54)65-33-14-10-30-60(65)61-31-11-15-34-66(61)71/h1-47H. The van der Waals surface area contributed by atoms with E-state index in [4.69, 9.17) is 4.74 Å². The largest absolute Gasteiger partial charge is 0.456 e. The van der Waals surface area contributed by atoms with Crippen molar-refractivity contribution in [3.63, 3.8) is 0 Å². The molecule has 0 atom stereocenters. The highest BCUT2D eigenvalue weighted by atomic mass is 16.5. The van der Waals surface area contributed by atoms with Gasteiger partial charge in [-0.15, -0.1) is 0 Å².